The molecule has 0 saturated carbocycles. The summed E-state index contributed by atoms with van der Waals surface area (Å²) < 4.78 is 26.0. The summed E-state index contributed by atoms with van der Waals surface area (Å²) in [5, 5.41) is 0. The first-order valence-corrected chi connectivity index (χ1v) is 6.97. The zero-order chi connectivity index (χ0) is 13.1. The van der Waals surface area contributed by atoms with Gasteiger partial charge in [0, 0.05) is 6.54 Å². The predicted molar refractivity (Wildman–Crippen MR) is 70.5 cm³/mol. The Balaban J connectivity index is 2.99. The molecule has 0 aromatic heterocycles. The number of hydrogen-bond acceptors (Lipinski definition) is 2. The van der Waals surface area contributed by atoms with Crippen molar-refractivity contribution in [2.45, 2.75) is 31.1 Å². The van der Waals surface area contributed by atoms with E-state index in [9.17, 15) is 8.42 Å². The van der Waals surface area contributed by atoms with Crippen LogP contribution in [0.15, 0.2) is 41.8 Å². The molecule has 0 unspecified atom stereocenters. The van der Waals surface area contributed by atoms with Crippen LogP contribution in [0.25, 0.3) is 0 Å². The van der Waals surface area contributed by atoms with Gasteiger partial charge in [-0.3, -0.25) is 0 Å². The maximum atomic E-state index is 11.8. The van der Waals surface area contributed by atoms with Gasteiger partial charge < -0.3 is 0 Å². The summed E-state index contributed by atoms with van der Waals surface area (Å²) in [6.07, 6.45) is 1.51. The molecule has 0 fully saturated rings. The molecule has 0 amide bonds. The van der Waals surface area contributed by atoms with E-state index in [1.54, 1.807) is 12.1 Å². The average molecular weight is 253 g/mol. The Bertz CT molecular complexity index is 481. The van der Waals surface area contributed by atoms with E-state index in [-0.39, 0.29) is 16.9 Å². The van der Waals surface area contributed by atoms with Crippen molar-refractivity contribution in [2.75, 3.05) is 6.54 Å². The van der Waals surface area contributed by atoms with Crippen LogP contribution in [0.4, 0.5) is 0 Å². The van der Waals surface area contributed by atoms with Crippen LogP contribution in [0.5, 0.6) is 0 Å². The van der Waals surface area contributed by atoms with Crippen molar-refractivity contribution in [2.24, 2.45) is 0 Å². The predicted octanol–water partition coefficient (Wildman–Crippen LogP) is 2.45. The third kappa shape index (κ3) is 3.68. The highest BCUT2D eigenvalue weighted by molar-refractivity contribution is 7.89. The molecule has 1 rings (SSSR count). The van der Waals surface area contributed by atoms with Crippen molar-refractivity contribution in [3.8, 4) is 0 Å². The molecular formula is C13H19NO2S. The zero-order valence-corrected chi connectivity index (χ0v) is 11.3. The normalized spacial score (nSPS) is 12.4. The van der Waals surface area contributed by atoms with Crippen LogP contribution >= 0.6 is 0 Å². The molecule has 0 saturated heterocycles. The summed E-state index contributed by atoms with van der Waals surface area (Å²) in [5.74, 6) is 0. The Hall–Kier alpha value is -1.13. The molecular weight excluding hydrogens is 234 g/mol. The summed E-state index contributed by atoms with van der Waals surface area (Å²) in [4.78, 5) is 0.285. The minimum Gasteiger partial charge on any atom is -0.207 e. The fraction of sp³-hybridized carbons (Fsp3) is 0.385. The Kier molecular flexibility index (Phi) is 4.11. The summed E-state index contributed by atoms with van der Waals surface area (Å²) in [6, 6.07) is 6.96. The number of nitrogens with one attached hydrogen (secondary N) is 1. The van der Waals surface area contributed by atoms with Gasteiger partial charge >= 0.3 is 0 Å². The first kappa shape index (κ1) is 13.9. The van der Waals surface area contributed by atoms with E-state index >= 15 is 0 Å². The molecule has 17 heavy (non-hydrogen) atoms. The first-order valence-electron chi connectivity index (χ1n) is 5.48. The lowest BCUT2D eigenvalue weighted by molar-refractivity contribution is 0.581. The van der Waals surface area contributed by atoms with Gasteiger partial charge in [-0.25, -0.2) is 13.1 Å². The monoisotopic (exact) mass is 253 g/mol. The van der Waals surface area contributed by atoms with Crippen LogP contribution in [0.1, 0.15) is 26.3 Å². The molecule has 0 atom stereocenters. The van der Waals surface area contributed by atoms with E-state index in [0.717, 1.165) is 5.56 Å². The minimum atomic E-state index is -3.41. The zero-order valence-electron chi connectivity index (χ0n) is 10.5. The second-order valence-electron chi connectivity index (χ2n) is 4.91. The summed E-state index contributed by atoms with van der Waals surface area (Å²) in [5.41, 5.74) is 1.14. The van der Waals surface area contributed by atoms with Crippen molar-refractivity contribution in [3.05, 3.63) is 42.5 Å². The molecule has 0 aliphatic heterocycles. The lowest BCUT2D eigenvalue weighted by Crippen LogP contribution is -2.23. The van der Waals surface area contributed by atoms with Gasteiger partial charge in [0.15, 0.2) is 0 Å². The molecule has 0 radical (unpaired) electrons. The van der Waals surface area contributed by atoms with Gasteiger partial charge in [0.2, 0.25) is 10.0 Å². The van der Waals surface area contributed by atoms with Crippen molar-refractivity contribution < 1.29 is 8.42 Å². The number of rotatable bonds is 4. The number of benzene rings is 1. The molecule has 0 heterocycles. The van der Waals surface area contributed by atoms with Crippen LogP contribution in [0.3, 0.4) is 0 Å². The van der Waals surface area contributed by atoms with E-state index in [2.05, 4.69) is 32.1 Å². The SMILES string of the molecule is C=CCNS(=O)(=O)c1ccc(C(C)(C)C)cc1. The number of sulfonamides is 1. The van der Waals surface area contributed by atoms with Gasteiger partial charge in [-0.1, -0.05) is 39.0 Å². The maximum Gasteiger partial charge on any atom is 0.240 e. The summed E-state index contributed by atoms with van der Waals surface area (Å²) in [7, 11) is -3.41. The number of hydrogen-bond donors (Lipinski definition) is 1. The van der Waals surface area contributed by atoms with Gasteiger partial charge in [0.05, 0.1) is 4.90 Å². The average Bonchev–Trinajstić information content (AvgIpc) is 2.25. The molecule has 0 bridgehead atoms. The van der Waals surface area contributed by atoms with Crippen LogP contribution < -0.4 is 4.72 Å². The highest BCUT2D eigenvalue weighted by Gasteiger charge is 2.16. The van der Waals surface area contributed by atoms with Crippen LogP contribution in [0.2, 0.25) is 0 Å². The summed E-state index contributed by atoms with van der Waals surface area (Å²) in [6.45, 7) is 9.99. The quantitative estimate of drug-likeness (QED) is 0.838. The highest BCUT2D eigenvalue weighted by atomic mass is 32.2. The van der Waals surface area contributed by atoms with Gasteiger partial charge in [-0.05, 0) is 23.1 Å². The van der Waals surface area contributed by atoms with Gasteiger partial charge in [0.1, 0.15) is 0 Å². The third-order valence-electron chi connectivity index (χ3n) is 2.45. The molecule has 0 aliphatic carbocycles. The fourth-order valence-electron chi connectivity index (χ4n) is 1.39. The van der Waals surface area contributed by atoms with Crippen LogP contribution in [0, 0.1) is 0 Å². The van der Waals surface area contributed by atoms with E-state index in [0.29, 0.717) is 0 Å². The highest BCUT2D eigenvalue weighted by Crippen LogP contribution is 2.23. The molecule has 3 nitrogen and oxygen atoms in total. The Morgan fingerprint density at radius 2 is 1.76 bits per heavy atom. The standard InChI is InChI=1S/C13H19NO2S/c1-5-10-14-17(15,16)12-8-6-11(7-9-12)13(2,3)4/h5-9,14H,1,10H2,2-4H3. The molecule has 0 aliphatic rings. The Morgan fingerprint density at radius 3 is 2.18 bits per heavy atom. The van der Waals surface area contributed by atoms with E-state index in [1.807, 2.05) is 12.1 Å². The van der Waals surface area contributed by atoms with Gasteiger partial charge in [-0.15, -0.1) is 6.58 Å². The topological polar surface area (TPSA) is 46.2 Å². The second-order valence-corrected chi connectivity index (χ2v) is 6.68. The van der Waals surface area contributed by atoms with E-state index in [4.69, 9.17) is 0 Å². The van der Waals surface area contributed by atoms with Crippen molar-refractivity contribution in [1.29, 1.82) is 0 Å². The van der Waals surface area contributed by atoms with Gasteiger partial charge in [-0.2, -0.15) is 0 Å². The molecule has 0 spiro atoms. The lowest BCUT2D eigenvalue weighted by Gasteiger charge is -2.19. The Labute approximate surface area is 104 Å². The molecule has 1 aromatic rings. The Morgan fingerprint density at radius 1 is 1.24 bits per heavy atom. The minimum absolute atomic E-state index is 0.0246. The van der Waals surface area contributed by atoms with E-state index < -0.39 is 10.0 Å². The van der Waals surface area contributed by atoms with Crippen LogP contribution in [-0.2, 0) is 15.4 Å². The molecule has 1 N–H and O–H groups in total. The summed E-state index contributed by atoms with van der Waals surface area (Å²) >= 11 is 0. The molecule has 1 aromatic carbocycles. The lowest BCUT2D eigenvalue weighted by atomic mass is 9.87. The largest absolute Gasteiger partial charge is 0.240 e. The fourth-order valence-corrected chi connectivity index (χ4v) is 2.38. The molecule has 94 valence electrons. The van der Waals surface area contributed by atoms with Gasteiger partial charge in [0.25, 0.3) is 0 Å². The third-order valence-corrected chi connectivity index (χ3v) is 3.89. The maximum absolute atomic E-state index is 11.8. The first-order chi connectivity index (χ1) is 7.77. The smallest absolute Gasteiger partial charge is 0.207 e. The second kappa shape index (κ2) is 5.02. The molecule has 4 heteroatoms. The van der Waals surface area contributed by atoms with E-state index in [1.165, 1.54) is 6.08 Å². The van der Waals surface area contributed by atoms with Crippen molar-refractivity contribution >= 4 is 10.0 Å². The van der Waals surface area contributed by atoms with Crippen molar-refractivity contribution in [1.82, 2.24) is 4.72 Å². The van der Waals surface area contributed by atoms with Crippen molar-refractivity contribution in [3.63, 3.8) is 0 Å². The van der Waals surface area contributed by atoms with Crippen LogP contribution in [-0.4, -0.2) is 15.0 Å².